The Labute approximate surface area is 203 Å². The summed E-state index contributed by atoms with van der Waals surface area (Å²) in [5.74, 6) is -1.88. The van der Waals surface area contributed by atoms with E-state index in [1.165, 1.54) is 5.56 Å². The van der Waals surface area contributed by atoms with E-state index in [0.29, 0.717) is 25.8 Å². The molecule has 0 radical (unpaired) electrons. The first-order chi connectivity index (χ1) is 16.3. The Bertz CT molecular complexity index is 898. The van der Waals surface area contributed by atoms with Gasteiger partial charge in [0.25, 0.3) is 0 Å². The van der Waals surface area contributed by atoms with Crippen molar-refractivity contribution in [3.05, 3.63) is 60.7 Å². The Balaban J connectivity index is 1.67. The number of hydrogen-bond acceptors (Lipinski definition) is 4. The predicted molar refractivity (Wildman–Crippen MR) is 133 cm³/mol. The molecule has 2 heterocycles. The van der Waals surface area contributed by atoms with Crippen molar-refractivity contribution in [1.82, 2.24) is 15.1 Å². The summed E-state index contributed by atoms with van der Waals surface area (Å²) in [4.78, 5) is 43.0. The van der Waals surface area contributed by atoms with E-state index < -0.39 is 23.8 Å². The van der Waals surface area contributed by atoms with Gasteiger partial charge < -0.3 is 16.0 Å². The predicted octanol–water partition coefficient (Wildman–Crippen LogP) is 2.48. The number of allylic oxidation sites excluding steroid dienone is 1. The topological polar surface area (TPSA) is 95.7 Å². The average Bonchev–Trinajstić information content (AvgIpc) is 2.95. The lowest BCUT2D eigenvalue weighted by Gasteiger charge is -2.40. The average molecular weight is 467 g/mol. The molecule has 1 saturated heterocycles. The number of nitrogens with one attached hydrogen (secondary N) is 1. The monoisotopic (exact) mass is 466 g/mol. The first-order valence-corrected chi connectivity index (χ1v) is 12.2. The molecule has 0 bridgehead atoms. The number of rotatable bonds is 10. The maximum absolute atomic E-state index is 13.4. The van der Waals surface area contributed by atoms with Gasteiger partial charge in [-0.25, -0.2) is 0 Å². The number of hydrogen-bond donors (Lipinski definition) is 2. The van der Waals surface area contributed by atoms with Crippen molar-refractivity contribution in [3.63, 3.8) is 0 Å². The number of carbonyl (C=O) groups is 3. The molecule has 3 rings (SSSR count). The highest BCUT2D eigenvalue weighted by molar-refractivity contribution is 5.92. The van der Waals surface area contributed by atoms with Crippen LogP contribution in [0.1, 0.15) is 38.7 Å². The number of fused-ring (bicyclic) bond motifs is 1. The molecule has 1 aromatic carbocycles. The lowest BCUT2D eigenvalue weighted by Crippen LogP contribution is -2.58. The molecule has 1 aromatic rings. The minimum atomic E-state index is -0.638. The van der Waals surface area contributed by atoms with Crippen LogP contribution in [0.15, 0.2) is 55.1 Å². The summed E-state index contributed by atoms with van der Waals surface area (Å²) in [5.41, 5.74) is 6.87. The van der Waals surface area contributed by atoms with Gasteiger partial charge in [-0.2, -0.15) is 0 Å². The fourth-order valence-electron chi connectivity index (χ4n) is 4.99. The molecule has 0 aromatic heterocycles. The summed E-state index contributed by atoms with van der Waals surface area (Å²) < 4.78 is 0. The molecule has 3 amide bonds. The highest BCUT2D eigenvalue weighted by Gasteiger charge is 2.38. The van der Waals surface area contributed by atoms with Crippen LogP contribution in [0.2, 0.25) is 0 Å². The van der Waals surface area contributed by atoms with Crippen LogP contribution >= 0.6 is 0 Å². The zero-order valence-corrected chi connectivity index (χ0v) is 20.4. The third-order valence-corrected chi connectivity index (χ3v) is 6.71. The van der Waals surface area contributed by atoms with Crippen LogP contribution in [0.5, 0.6) is 0 Å². The maximum atomic E-state index is 13.4. The van der Waals surface area contributed by atoms with Crippen LogP contribution in [0.3, 0.4) is 0 Å². The zero-order valence-electron chi connectivity index (χ0n) is 20.4. The van der Waals surface area contributed by atoms with Crippen molar-refractivity contribution in [2.75, 3.05) is 19.6 Å². The largest absolute Gasteiger partial charge is 0.369 e. The second-order valence-corrected chi connectivity index (χ2v) is 9.81. The highest BCUT2D eigenvalue weighted by Crippen LogP contribution is 2.26. The number of nitrogens with two attached hydrogens (primary N) is 1. The smallest absolute Gasteiger partial charge is 0.246 e. The number of carbonyl (C=O) groups excluding carboxylic acids is 3. The number of benzene rings is 1. The lowest BCUT2D eigenvalue weighted by molar-refractivity contribution is -0.141. The van der Waals surface area contributed by atoms with Crippen LogP contribution < -0.4 is 11.1 Å². The number of piperazine rings is 1. The van der Waals surface area contributed by atoms with Crippen molar-refractivity contribution in [1.29, 1.82) is 0 Å². The lowest BCUT2D eigenvalue weighted by atomic mass is 9.82. The first-order valence-electron chi connectivity index (χ1n) is 12.2. The normalized spacial score (nSPS) is 22.6. The first kappa shape index (κ1) is 25.7. The molecule has 1 fully saturated rings. The van der Waals surface area contributed by atoms with Gasteiger partial charge in [-0.1, -0.05) is 62.4 Å². The minimum absolute atomic E-state index is 0.0162. The SMILES string of the molecule is C=CC[C@H](C(N)=O)[C@@H](CC(C)C)C(=O)N[C@H]1CC=CC2CN(Cc3ccccc3)CCN2C1=O. The van der Waals surface area contributed by atoms with E-state index in [4.69, 9.17) is 5.73 Å². The Morgan fingerprint density at radius 2 is 1.94 bits per heavy atom. The standard InChI is InChI=1S/C27H38N4O3/c1-4-9-22(25(28)32)23(16-19(2)3)26(33)29-24-13-8-12-21-18-30(14-15-31(21)27(24)34)17-20-10-6-5-7-11-20/h4-8,10-12,19,21-24H,1,9,13-18H2,2-3H3,(H2,28,32)(H,29,33)/t21?,22-,23+,24-/m0/s1. The molecule has 4 atom stereocenters. The van der Waals surface area contributed by atoms with E-state index in [2.05, 4.69) is 35.0 Å². The molecule has 0 aliphatic carbocycles. The van der Waals surface area contributed by atoms with Gasteiger partial charge in [0.05, 0.1) is 17.9 Å². The molecule has 184 valence electrons. The van der Waals surface area contributed by atoms with Gasteiger partial charge in [-0.05, 0) is 30.7 Å². The van der Waals surface area contributed by atoms with E-state index in [1.54, 1.807) is 6.08 Å². The Morgan fingerprint density at radius 1 is 1.21 bits per heavy atom. The molecule has 3 N–H and O–H groups in total. The van der Waals surface area contributed by atoms with Crippen molar-refractivity contribution < 1.29 is 14.4 Å². The summed E-state index contributed by atoms with van der Waals surface area (Å²) in [6, 6.07) is 9.67. The van der Waals surface area contributed by atoms with E-state index in [-0.39, 0.29) is 23.8 Å². The van der Waals surface area contributed by atoms with E-state index in [0.717, 1.165) is 19.6 Å². The van der Waals surface area contributed by atoms with Crippen LogP contribution in [-0.2, 0) is 20.9 Å². The summed E-state index contributed by atoms with van der Waals surface area (Å²) in [6.45, 7) is 10.7. The Kier molecular flexibility index (Phi) is 9.05. The Hall–Kier alpha value is -2.93. The second-order valence-electron chi connectivity index (χ2n) is 9.81. The summed E-state index contributed by atoms with van der Waals surface area (Å²) in [7, 11) is 0. The van der Waals surface area contributed by atoms with Crippen molar-refractivity contribution in [2.24, 2.45) is 23.5 Å². The quantitative estimate of drug-likeness (QED) is 0.518. The second kappa shape index (κ2) is 12.0. The summed E-state index contributed by atoms with van der Waals surface area (Å²) in [6.07, 6.45) is 6.99. The molecule has 0 spiro atoms. The van der Waals surface area contributed by atoms with Crippen LogP contribution in [-0.4, -0.2) is 59.2 Å². The molecule has 34 heavy (non-hydrogen) atoms. The molecule has 0 saturated carbocycles. The van der Waals surface area contributed by atoms with Gasteiger partial charge >= 0.3 is 0 Å². The third kappa shape index (κ3) is 6.56. The fraction of sp³-hybridized carbons (Fsp3) is 0.519. The van der Waals surface area contributed by atoms with Crippen molar-refractivity contribution in [2.45, 2.75) is 51.7 Å². The van der Waals surface area contributed by atoms with Crippen molar-refractivity contribution in [3.8, 4) is 0 Å². The maximum Gasteiger partial charge on any atom is 0.246 e. The van der Waals surface area contributed by atoms with Crippen LogP contribution in [0, 0.1) is 17.8 Å². The molecular formula is C27H38N4O3. The van der Waals surface area contributed by atoms with E-state index in [1.807, 2.05) is 43.0 Å². The van der Waals surface area contributed by atoms with Gasteiger partial charge in [0, 0.05) is 26.2 Å². The number of nitrogens with zero attached hydrogens (tertiary/aromatic N) is 2. The fourth-order valence-corrected chi connectivity index (χ4v) is 4.99. The molecule has 7 heteroatoms. The summed E-state index contributed by atoms with van der Waals surface area (Å²) >= 11 is 0. The highest BCUT2D eigenvalue weighted by atomic mass is 16.2. The number of amides is 3. The number of primary amides is 1. The van der Waals surface area contributed by atoms with Gasteiger partial charge in [-0.3, -0.25) is 19.3 Å². The van der Waals surface area contributed by atoms with Gasteiger partial charge in [0.1, 0.15) is 6.04 Å². The Morgan fingerprint density at radius 3 is 2.59 bits per heavy atom. The molecule has 1 unspecified atom stereocenters. The van der Waals surface area contributed by atoms with Gasteiger partial charge in [-0.15, -0.1) is 6.58 Å². The minimum Gasteiger partial charge on any atom is -0.369 e. The van der Waals surface area contributed by atoms with E-state index >= 15 is 0 Å². The van der Waals surface area contributed by atoms with Gasteiger partial charge in [0.2, 0.25) is 17.7 Å². The van der Waals surface area contributed by atoms with E-state index in [9.17, 15) is 14.4 Å². The van der Waals surface area contributed by atoms with Crippen LogP contribution in [0.4, 0.5) is 0 Å². The van der Waals surface area contributed by atoms with Gasteiger partial charge in [0.15, 0.2) is 0 Å². The van der Waals surface area contributed by atoms with Crippen molar-refractivity contribution >= 4 is 17.7 Å². The third-order valence-electron chi connectivity index (χ3n) is 6.71. The molecule has 2 aliphatic heterocycles. The molecule has 7 nitrogen and oxygen atoms in total. The molecule has 2 aliphatic rings. The summed E-state index contributed by atoms with van der Waals surface area (Å²) in [5, 5.41) is 2.95. The zero-order chi connectivity index (χ0) is 24.7. The van der Waals surface area contributed by atoms with Crippen LogP contribution in [0.25, 0.3) is 0 Å². The molecular weight excluding hydrogens is 428 g/mol.